The zero-order chi connectivity index (χ0) is 13.9. The van der Waals surface area contributed by atoms with E-state index in [9.17, 15) is 4.79 Å². The average Bonchev–Trinajstić information content (AvgIpc) is 2.47. The standard InChI is InChI=1S/C15H13N3O2/c1-10-15(19)18-14-12(20-10)9-16-13(17-14)8-7-11-5-3-2-4-6-11/h2-10H,1H3,(H,16,17,18,19)/b8-7+. The molecule has 2 aliphatic heterocycles. The lowest BCUT2D eigenvalue weighted by Crippen LogP contribution is -2.40. The molecule has 2 aliphatic rings. The van der Waals surface area contributed by atoms with Gasteiger partial charge in [0, 0.05) is 0 Å². The normalized spacial score (nSPS) is 21.4. The minimum Gasteiger partial charge on any atom is -0.475 e. The highest BCUT2D eigenvalue weighted by Crippen LogP contribution is 2.15. The summed E-state index contributed by atoms with van der Waals surface area (Å²) in [7, 11) is 0. The summed E-state index contributed by atoms with van der Waals surface area (Å²) in [6, 6.07) is 9.88. The maximum Gasteiger partial charge on any atom is 0.288 e. The Balaban J connectivity index is 1.80. The number of rotatable bonds is 2. The monoisotopic (exact) mass is 267 g/mol. The van der Waals surface area contributed by atoms with Crippen LogP contribution in [0.25, 0.3) is 6.08 Å². The third-order valence-corrected chi connectivity index (χ3v) is 2.91. The van der Waals surface area contributed by atoms with Gasteiger partial charge >= 0.3 is 0 Å². The first kappa shape index (κ1) is 12.3. The van der Waals surface area contributed by atoms with E-state index in [1.54, 1.807) is 13.1 Å². The van der Waals surface area contributed by atoms with Gasteiger partial charge in [0.2, 0.25) is 0 Å². The van der Waals surface area contributed by atoms with Crippen molar-refractivity contribution in [2.75, 3.05) is 0 Å². The van der Waals surface area contributed by atoms with Gasteiger partial charge in [-0.15, -0.1) is 0 Å². The van der Waals surface area contributed by atoms with Gasteiger partial charge in [-0.1, -0.05) is 36.4 Å². The molecule has 1 amide bonds. The number of carbonyl (C=O) groups is 1. The molecule has 2 heterocycles. The van der Waals surface area contributed by atoms with E-state index < -0.39 is 6.10 Å². The Bertz CT molecular complexity index is 657. The molecule has 1 atom stereocenters. The topological polar surface area (TPSA) is 63.0 Å². The number of benzene rings is 1. The second kappa shape index (κ2) is 5.13. The van der Waals surface area contributed by atoms with Gasteiger partial charge in [0.05, 0.1) is 6.20 Å². The molecule has 0 radical (unpaired) electrons. The highest BCUT2D eigenvalue weighted by molar-refractivity contribution is 6.18. The summed E-state index contributed by atoms with van der Waals surface area (Å²) < 4.78 is 5.40. The van der Waals surface area contributed by atoms with Crippen molar-refractivity contribution in [3.05, 3.63) is 53.9 Å². The smallest absolute Gasteiger partial charge is 0.288 e. The second-order valence-electron chi connectivity index (χ2n) is 4.44. The number of aliphatic imine (C=N–C) groups is 2. The highest BCUT2D eigenvalue weighted by Gasteiger charge is 2.27. The van der Waals surface area contributed by atoms with Crippen LogP contribution in [0.15, 0.2) is 58.4 Å². The highest BCUT2D eigenvalue weighted by atomic mass is 16.5. The fourth-order valence-electron chi connectivity index (χ4n) is 1.84. The Kier molecular flexibility index (Phi) is 3.16. The van der Waals surface area contributed by atoms with Gasteiger partial charge in [0.1, 0.15) is 5.84 Å². The van der Waals surface area contributed by atoms with Gasteiger partial charge in [0.25, 0.3) is 5.91 Å². The molecule has 1 N–H and O–H groups in total. The summed E-state index contributed by atoms with van der Waals surface area (Å²) in [6.07, 6.45) is 4.78. The lowest BCUT2D eigenvalue weighted by molar-refractivity contribution is -0.126. The Morgan fingerprint density at radius 3 is 2.85 bits per heavy atom. The molecule has 1 aromatic carbocycles. The van der Waals surface area contributed by atoms with Crippen molar-refractivity contribution < 1.29 is 9.53 Å². The Hall–Kier alpha value is -2.69. The predicted molar refractivity (Wildman–Crippen MR) is 77.1 cm³/mol. The SMILES string of the molecule is CC1OC2=CN=C(/C=C/c3ccccc3)NC2=NC1=O. The molecule has 5 nitrogen and oxygen atoms in total. The summed E-state index contributed by atoms with van der Waals surface area (Å²) in [5.41, 5.74) is 1.07. The summed E-state index contributed by atoms with van der Waals surface area (Å²) in [6.45, 7) is 1.66. The number of hydrogen-bond donors (Lipinski definition) is 1. The van der Waals surface area contributed by atoms with Crippen LogP contribution in [0.3, 0.4) is 0 Å². The van der Waals surface area contributed by atoms with Gasteiger partial charge in [-0.05, 0) is 18.6 Å². The molecule has 0 saturated heterocycles. The number of nitrogens with one attached hydrogen (secondary N) is 1. The van der Waals surface area contributed by atoms with Crippen molar-refractivity contribution in [1.29, 1.82) is 0 Å². The van der Waals surface area contributed by atoms with Crippen LogP contribution >= 0.6 is 0 Å². The number of amidine groups is 2. The van der Waals surface area contributed by atoms with E-state index in [0.29, 0.717) is 17.4 Å². The Labute approximate surface area is 116 Å². The number of nitrogens with zero attached hydrogens (tertiary/aromatic N) is 2. The van der Waals surface area contributed by atoms with Crippen molar-refractivity contribution in [3.63, 3.8) is 0 Å². The van der Waals surface area contributed by atoms with Crippen molar-refractivity contribution >= 4 is 23.7 Å². The summed E-state index contributed by atoms with van der Waals surface area (Å²) >= 11 is 0. The molecule has 0 fully saturated rings. The van der Waals surface area contributed by atoms with Gasteiger partial charge in [-0.25, -0.2) is 4.99 Å². The number of ether oxygens (including phenoxy) is 1. The first-order valence-corrected chi connectivity index (χ1v) is 6.30. The summed E-state index contributed by atoms with van der Waals surface area (Å²) in [5, 5.41) is 2.98. The van der Waals surface area contributed by atoms with Crippen LogP contribution in [-0.4, -0.2) is 23.7 Å². The molecule has 3 rings (SSSR count). The third-order valence-electron chi connectivity index (χ3n) is 2.91. The molecule has 100 valence electrons. The summed E-state index contributed by atoms with van der Waals surface area (Å²) in [4.78, 5) is 19.7. The Morgan fingerprint density at radius 1 is 1.25 bits per heavy atom. The molecule has 0 saturated carbocycles. The van der Waals surface area contributed by atoms with Crippen molar-refractivity contribution in [2.24, 2.45) is 9.98 Å². The number of amides is 1. The minimum absolute atomic E-state index is 0.294. The first-order valence-electron chi connectivity index (χ1n) is 6.30. The van der Waals surface area contributed by atoms with Gasteiger partial charge < -0.3 is 10.1 Å². The predicted octanol–water partition coefficient (Wildman–Crippen LogP) is 1.89. The van der Waals surface area contributed by atoms with E-state index in [0.717, 1.165) is 5.56 Å². The summed E-state index contributed by atoms with van der Waals surface area (Å²) in [5.74, 6) is 1.23. The largest absolute Gasteiger partial charge is 0.475 e. The van der Waals surface area contributed by atoms with Gasteiger partial charge in [0.15, 0.2) is 17.7 Å². The maximum absolute atomic E-state index is 11.5. The van der Waals surface area contributed by atoms with E-state index in [1.807, 2.05) is 42.5 Å². The van der Waals surface area contributed by atoms with Crippen LogP contribution in [0.5, 0.6) is 0 Å². The van der Waals surface area contributed by atoms with E-state index in [4.69, 9.17) is 4.74 Å². The second-order valence-corrected chi connectivity index (χ2v) is 4.44. The molecule has 1 aromatic rings. The van der Waals surface area contributed by atoms with Crippen molar-refractivity contribution in [2.45, 2.75) is 13.0 Å². The molecular formula is C15H13N3O2. The molecule has 20 heavy (non-hydrogen) atoms. The maximum atomic E-state index is 11.5. The molecular weight excluding hydrogens is 254 g/mol. The fourth-order valence-corrected chi connectivity index (χ4v) is 1.84. The zero-order valence-electron chi connectivity index (χ0n) is 10.9. The molecule has 0 spiro atoms. The van der Waals surface area contributed by atoms with E-state index >= 15 is 0 Å². The number of hydrogen-bond acceptors (Lipinski definition) is 4. The van der Waals surface area contributed by atoms with Crippen molar-refractivity contribution in [1.82, 2.24) is 5.32 Å². The minimum atomic E-state index is -0.552. The van der Waals surface area contributed by atoms with Crippen LogP contribution < -0.4 is 5.32 Å². The molecule has 1 unspecified atom stereocenters. The number of carbonyl (C=O) groups excluding carboxylic acids is 1. The number of fused-ring (bicyclic) bond motifs is 1. The van der Waals surface area contributed by atoms with E-state index in [1.165, 1.54) is 0 Å². The Morgan fingerprint density at radius 2 is 2.05 bits per heavy atom. The van der Waals surface area contributed by atoms with Crippen LogP contribution in [0.2, 0.25) is 0 Å². The van der Waals surface area contributed by atoms with Gasteiger partial charge in [-0.3, -0.25) is 4.79 Å². The quantitative estimate of drug-likeness (QED) is 0.890. The van der Waals surface area contributed by atoms with Crippen molar-refractivity contribution in [3.8, 4) is 0 Å². The van der Waals surface area contributed by atoms with E-state index in [2.05, 4.69) is 15.3 Å². The average molecular weight is 267 g/mol. The fraction of sp³-hybridized carbons (Fsp3) is 0.133. The first-order chi connectivity index (χ1) is 9.72. The third kappa shape index (κ3) is 2.51. The van der Waals surface area contributed by atoms with E-state index in [-0.39, 0.29) is 5.91 Å². The molecule has 0 aromatic heterocycles. The lowest BCUT2D eigenvalue weighted by Gasteiger charge is -2.23. The lowest BCUT2D eigenvalue weighted by atomic mass is 10.2. The van der Waals surface area contributed by atoms with Crippen LogP contribution in [0, 0.1) is 0 Å². The van der Waals surface area contributed by atoms with Gasteiger partial charge in [-0.2, -0.15) is 4.99 Å². The molecule has 0 bridgehead atoms. The van der Waals surface area contributed by atoms with Crippen LogP contribution in [-0.2, 0) is 9.53 Å². The zero-order valence-corrected chi connectivity index (χ0v) is 10.9. The molecule has 5 heteroatoms. The molecule has 0 aliphatic carbocycles. The van der Waals surface area contributed by atoms with Crippen LogP contribution in [0.1, 0.15) is 12.5 Å². The van der Waals surface area contributed by atoms with Crippen LogP contribution in [0.4, 0.5) is 0 Å².